The first kappa shape index (κ1) is 18.1. The smallest absolute Gasteiger partial charge is 0.134 e. The highest BCUT2D eigenvalue weighted by molar-refractivity contribution is 6.17. The van der Waals surface area contributed by atoms with Crippen LogP contribution in [0.5, 0.6) is 5.75 Å². The second-order valence-electron chi connectivity index (χ2n) is 6.66. The second kappa shape index (κ2) is 9.68. The first-order valence-corrected chi connectivity index (χ1v) is 10.0. The maximum absolute atomic E-state index is 6.26. The van der Waals surface area contributed by atoms with Gasteiger partial charge in [-0.3, -0.25) is 0 Å². The van der Waals surface area contributed by atoms with Crippen LogP contribution in [-0.2, 0) is 0 Å². The van der Waals surface area contributed by atoms with Crippen molar-refractivity contribution in [2.75, 3.05) is 12.5 Å². The molecule has 132 valence electrons. The Morgan fingerprint density at radius 1 is 0.640 bits per heavy atom. The maximum atomic E-state index is 6.26. The summed E-state index contributed by atoms with van der Waals surface area (Å²) in [4.78, 5) is 0. The van der Waals surface area contributed by atoms with Gasteiger partial charge in [0.05, 0.1) is 6.61 Å². The van der Waals surface area contributed by atoms with Crippen molar-refractivity contribution < 1.29 is 4.74 Å². The fraction of sp³-hybridized carbons (Fsp3) is 0.391. The van der Waals surface area contributed by atoms with Gasteiger partial charge in [0.15, 0.2) is 0 Å². The third kappa shape index (κ3) is 4.89. The fourth-order valence-corrected chi connectivity index (χ4v) is 3.57. The number of hydrogen-bond donors (Lipinski definition) is 0. The summed E-state index contributed by atoms with van der Waals surface area (Å²) < 4.78 is 6.26. The summed E-state index contributed by atoms with van der Waals surface area (Å²) in [6, 6.07) is 19.2. The van der Waals surface area contributed by atoms with Crippen molar-refractivity contribution in [2.45, 2.75) is 44.9 Å². The predicted molar refractivity (Wildman–Crippen MR) is 110 cm³/mol. The van der Waals surface area contributed by atoms with Crippen LogP contribution in [-0.4, -0.2) is 12.5 Å². The van der Waals surface area contributed by atoms with Crippen LogP contribution in [0, 0.1) is 0 Å². The molecular weight excluding hydrogens is 328 g/mol. The van der Waals surface area contributed by atoms with Gasteiger partial charge in [-0.15, -0.1) is 11.6 Å². The molecule has 1 nitrogen and oxygen atoms in total. The molecule has 0 bridgehead atoms. The summed E-state index contributed by atoms with van der Waals surface area (Å²) in [6.07, 6.45) is 8.69. The lowest BCUT2D eigenvalue weighted by molar-refractivity contribution is 0.311. The molecule has 2 heteroatoms. The molecule has 0 aliphatic carbocycles. The van der Waals surface area contributed by atoms with Gasteiger partial charge >= 0.3 is 0 Å². The molecule has 0 atom stereocenters. The molecule has 0 radical (unpaired) electrons. The van der Waals surface area contributed by atoms with Gasteiger partial charge in [0, 0.05) is 16.7 Å². The topological polar surface area (TPSA) is 9.23 Å². The molecule has 0 amide bonds. The van der Waals surface area contributed by atoms with Gasteiger partial charge in [0.1, 0.15) is 5.75 Å². The van der Waals surface area contributed by atoms with E-state index in [0.717, 1.165) is 31.1 Å². The minimum atomic E-state index is 0.791. The zero-order valence-corrected chi connectivity index (χ0v) is 15.6. The average Bonchev–Trinajstić information content (AvgIpc) is 2.66. The fourth-order valence-electron chi connectivity index (χ4n) is 3.38. The van der Waals surface area contributed by atoms with Gasteiger partial charge in [-0.1, -0.05) is 80.6 Å². The van der Waals surface area contributed by atoms with Crippen LogP contribution < -0.4 is 4.74 Å². The third-order valence-corrected chi connectivity index (χ3v) is 5.01. The number of fused-ring (bicyclic) bond motifs is 2. The number of alkyl halides is 1. The highest BCUT2D eigenvalue weighted by Gasteiger charge is 2.08. The van der Waals surface area contributed by atoms with Gasteiger partial charge in [-0.2, -0.15) is 0 Å². The molecule has 0 spiro atoms. The van der Waals surface area contributed by atoms with E-state index in [4.69, 9.17) is 16.3 Å². The lowest BCUT2D eigenvalue weighted by atomic mass is 10.0. The van der Waals surface area contributed by atoms with Crippen LogP contribution in [0.25, 0.3) is 21.5 Å². The molecule has 25 heavy (non-hydrogen) atoms. The van der Waals surface area contributed by atoms with Gasteiger partial charge in [-0.05, 0) is 29.7 Å². The molecule has 3 aromatic rings. The monoisotopic (exact) mass is 354 g/mol. The Morgan fingerprint density at radius 3 is 1.76 bits per heavy atom. The highest BCUT2D eigenvalue weighted by atomic mass is 35.5. The van der Waals surface area contributed by atoms with Crippen molar-refractivity contribution in [1.29, 1.82) is 0 Å². The molecule has 0 aliphatic heterocycles. The van der Waals surface area contributed by atoms with E-state index in [-0.39, 0.29) is 0 Å². The number of unbranched alkanes of at least 4 members (excludes halogenated alkanes) is 6. The summed E-state index contributed by atoms with van der Waals surface area (Å²) in [6.45, 7) is 0.791. The van der Waals surface area contributed by atoms with Crippen molar-refractivity contribution in [3.8, 4) is 5.75 Å². The predicted octanol–water partition coefficient (Wildman–Crippen LogP) is 7.34. The van der Waals surface area contributed by atoms with Crippen molar-refractivity contribution >= 4 is 33.1 Å². The van der Waals surface area contributed by atoms with E-state index >= 15 is 0 Å². The Labute approximate surface area is 155 Å². The van der Waals surface area contributed by atoms with E-state index < -0.39 is 0 Å². The first-order valence-electron chi connectivity index (χ1n) is 9.49. The Balaban J connectivity index is 1.59. The summed E-state index contributed by atoms with van der Waals surface area (Å²) in [7, 11) is 0. The highest BCUT2D eigenvalue weighted by Crippen LogP contribution is 2.34. The number of hydrogen-bond acceptors (Lipinski definition) is 1. The lowest BCUT2D eigenvalue weighted by Crippen LogP contribution is -1.99. The van der Waals surface area contributed by atoms with E-state index in [2.05, 4.69) is 54.6 Å². The maximum Gasteiger partial charge on any atom is 0.134 e. The first-order chi connectivity index (χ1) is 12.4. The van der Waals surface area contributed by atoms with E-state index in [0.29, 0.717) is 0 Å². The summed E-state index contributed by atoms with van der Waals surface area (Å²) in [5.74, 6) is 1.84. The lowest BCUT2D eigenvalue weighted by Gasteiger charge is -2.13. The third-order valence-electron chi connectivity index (χ3n) is 4.75. The molecular formula is C23H27ClO. The van der Waals surface area contributed by atoms with Crippen molar-refractivity contribution in [2.24, 2.45) is 0 Å². The molecule has 0 aliphatic rings. The SMILES string of the molecule is ClCCCCCCCCCOc1c2ccccc2cc2ccccc12. The van der Waals surface area contributed by atoms with Gasteiger partial charge in [-0.25, -0.2) is 0 Å². The minimum absolute atomic E-state index is 0.791. The van der Waals surface area contributed by atoms with Crippen LogP contribution in [0.2, 0.25) is 0 Å². The zero-order chi connectivity index (χ0) is 17.3. The number of ether oxygens (including phenoxy) is 1. The van der Waals surface area contributed by atoms with E-state index in [9.17, 15) is 0 Å². The van der Waals surface area contributed by atoms with Crippen molar-refractivity contribution in [3.63, 3.8) is 0 Å². The van der Waals surface area contributed by atoms with E-state index in [1.165, 1.54) is 53.6 Å². The van der Waals surface area contributed by atoms with Crippen LogP contribution in [0.4, 0.5) is 0 Å². The van der Waals surface area contributed by atoms with Crippen molar-refractivity contribution in [1.82, 2.24) is 0 Å². The average molecular weight is 355 g/mol. The zero-order valence-electron chi connectivity index (χ0n) is 14.8. The largest absolute Gasteiger partial charge is 0.492 e. The summed E-state index contributed by atoms with van der Waals surface area (Å²) in [5, 5.41) is 4.91. The van der Waals surface area contributed by atoms with Crippen LogP contribution >= 0.6 is 11.6 Å². The normalized spacial score (nSPS) is 11.2. The van der Waals surface area contributed by atoms with Crippen LogP contribution in [0.15, 0.2) is 54.6 Å². The molecule has 0 heterocycles. The summed E-state index contributed by atoms with van der Waals surface area (Å²) >= 11 is 5.71. The van der Waals surface area contributed by atoms with E-state index in [1.54, 1.807) is 0 Å². The van der Waals surface area contributed by atoms with Crippen molar-refractivity contribution in [3.05, 3.63) is 54.6 Å². The molecule has 0 N–H and O–H groups in total. The van der Waals surface area contributed by atoms with E-state index in [1.807, 2.05) is 0 Å². The van der Waals surface area contributed by atoms with Crippen LogP contribution in [0.3, 0.4) is 0 Å². The Bertz CT molecular complexity index is 742. The Kier molecular flexibility index (Phi) is 6.99. The molecule has 0 aromatic heterocycles. The Morgan fingerprint density at radius 2 is 1.16 bits per heavy atom. The number of rotatable bonds is 10. The molecule has 0 saturated carbocycles. The van der Waals surface area contributed by atoms with Crippen LogP contribution in [0.1, 0.15) is 44.9 Å². The minimum Gasteiger partial charge on any atom is -0.492 e. The molecule has 3 rings (SSSR count). The van der Waals surface area contributed by atoms with Gasteiger partial charge < -0.3 is 4.74 Å². The standard InChI is InChI=1S/C23H27ClO/c24-16-10-4-2-1-3-5-11-17-25-23-21-14-8-6-12-19(21)18-20-13-7-9-15-22(20)23/h6-9,12-15,18H,1-5,10-11,16-17H2. The summed E-state index contributed by atoms with van der Waals surface area (Å²) in [5.41, 5.74) is 0. The molecule has 0 unspecified atom stereocenters. The van der Waals surface area contributed by atoms with Gasteiger partial charge in [0.2, 0.25) is 0 Å². The number of benzene rings is 3. The molecule has 0 fully saturated rings. The Hall–Kier alpha value is -1.73. The quantitative estimate of drug-likeness (QED) is 0.210. The van der Waals surface area contributed by atoms with Gasteiger partial charge in [0.25, 0.3) is 0 Å². The number of halogens is 1. The molecule has 3 aromatic carbocycles. The molecule has 0 saturated heterocycles. The second-order valence-corrected chi connectivity index (χ2v) is 7.04.